The number of piperidine rings is 1. The van der Waals surface area contributed by atoms with Gasteiger partial charge < -0.3 is 10.6 Å². The fourth-order valence-corrected chi connectivity index (χ4v) is 3.60. The van der Waals surface area contributed by atoms with Crippen LogP contribution in [0, 0.1) is 5.92 Å². The summed E-state index contributed by atoms with van der Waals surface area (Å²) in [4.78, 5) is 2.53. The molecule has 2 atom stereocenters. The minimum atomic E-state index is 0.220. The molecule has 1 aliphatic heterocycles. The maximum atomic E-state index is 5.87. The van der Waals surface area contributed by atoms with Crippen LogP contribution in [0.3, 0.4) is 0 Å². The highest BCUT2D eigenvalue weighted by molar-refractivity contribution is 9.10. The first kappa shape index (κ1) is 14.9. The van der Waals surface area contributed by atoms with Gasteiger partial charge in [-0.05, 0) is 65.7 Å². The number of hydrogen-bond donors (Lipinski definition) is 1. The van der Waals surface area contributed by atoms with Gasteiger partial charge in [0.1, 0.15) is 0 Å². The van der Waals surface area contributed by atoms with Gasteiger partial charge in [0.25, 0.3) is 0 Å². The van der Waals surface area contributed by atoms with Crippen LogP contribution in [0.1, 0.15) is 38.7 Å². The number of nitrogens with zero attached hydrogens (tertiary/aromatic N) is 1. The summed E-state index contributed by atoms with van der Waals surface area (Å²) in [6.07, 6.45) is 4.92. The van der Waals surface area contributed by atoms with Gasteiger partial charge in [-0.2, -0.15) is 0 Å². The van der Waals surface area contributed by atoms with Gasteiger partial charge in [-0.15, -0.1) is 0 Å². The zero-order chi connectivity index (χ0) is 13.8. The Kier molecular flexibility index (Phi) is 5.28. The Balaban J connectivity index is 2.11. The molecule has 2 rings (SSSR count). The van der Waals surface area contributed by atoms with Crippen LogP contribution in [0.5, 0.6) is 0 Å². The molecule has 0 bridgehead atoms. The Morgan fingerprint density at radius 3 is 2.89 bits per heavy atom. The second kappa shape index (κ2) is 6.76. The van der Waals surface area contributed by atoms with Gasteiger partial charge in [0.2, 0.25) is 0 Å². The van der Waals surface area contributed by atoms with E-state index in [1.165, 1.54) is 48.1 Å². The minimum absolute atomic E-state index is 0.220. The van der Waals surface area contributed by atoms with E-state index in [1.807, 2.05) is 0 Å². The molecular formula is C16H25BrN2. The number of nitrogens with two attached hydrogens (primary N) is 1. The number of halogens is 1. The van der Waals surface area contributed by atoms with E-state index in [0.717, 1.165) is 12.3 Å². The largest absolute Gasteiger partial charge is 0.370 e. The van der Waals surface area contributed by atoms with Crippen LogP contribution in [0.4, 0.5) is 5.69 Å². The third-order valence-electron chi connectivity index (χ3n) is 4.01. The van der Waals surface area contributed by atoms with Gasteiger partial charge in [-0.3, -0.25) is 0 Å². The molecule has 106 valence electrons. The van der Waals surface area contributed by atoms with E-state index in [-0.39, 0.29) is 6.04 Å². The van der Waals surface area contributed by atoms with E-state index in [9.17, 15) is 0 Å². The first-order valence-electron chi connectivity index (χ1n) is 7.39. The third-order valence-corrected chi connectivity index (χ3v) is 4.64. The van der Waals surface area contributed by atoms with Crippen LogP contribution in [0.25, 0.3) is 0 Å². The van der Waals surface area contributed by atoms with Gasteiger partial charge in [-0.25, -0.2) is 0 Å². The predicted octanol–water partition coefficient (Wildman–Crippen LogP) is 3.97. The molecule has 1 fully saturated rings. The minimum Gasteiger partial charge on any atom is -0.370 e. The molecule has 1 aromatic carbocycles. The Bertz CT molecular complexity index is 417. The number of rotatable bonds is 4. The summed E-state index contributed by atoms with van der Waals surface area (Å²) < 4.78 is 1.21. The molecular weight excluding hydrogens is 300 g/mol. The fourth-order valence-electron chi connectivity index (χ4n) is 2.92. The number of anilines is 1. The highest BCUT2D eigenvalue weighted by atomic mass is 79.9. The molecule has 0 aromatic heterocycles. The summed E-state index contributed by atoms with van der Waals surface area (Å²) in [5.41, 5.74) is 8.52. The Hall–Kier alpha value is -0.540. The summed E-state index contributed by atoms with van der Waals surface area (Å²) in [6.45, 7) is 6.73. The molecule has 0 saturated carbocycles. The third kappa shape index (κ3) is 3.96. The molecule has 0 radical (unpaired) electrons. The van der Waals surface area contributed by atoms with Crippen molar-refractivity contribution in [3.8, 4) is 0 Å². The molecule has 1 aliphatic rings. The number of hydrogen-bond acceptors (Lipinski definition) is 2. The lowest BCUT2D eigenvalue weighted by molar-refractivity contribution is 0.404. The highest BCUT2D eigenvalue weighted by Gasteiger charge is 2.20. The zero-order valence-electron chi connectivity index (χ0n) is 12.0. The summed E-state index contributed by atoms with van der Waals surface area (Å²) in [7, 11) is 0. The predicted molar refractivity (Wildman–Crippen MR) is 86.7 cm³/mol. The van der Waals surface area contributed by atoms with Crippen LogP contribution in [0.2, 0.25) is 0 Å². The van der Waals surface area contributed by atoms with Crippen molar-refractivity contribution in [2.45, 2.75) is 45.6 Å². The normalized spacial score (nSPS) is 21.5. The molecule has 1 saturated heterocycles. The molecule has 1 heterocycles. The van der Waals surface area contributed by atoms with Crippen molar-refractivity contribution in [3.05, 3.63) is 28.2 Å². The zero-order valence-corrected chi connectivity index (χ0v) is 13.6. The van der Waals surface area contributed by atoms with Crippen molar-refractivity contribution < 1.29 is 0 Å². The number of benzene rings is 1. The first-order chi connectivity index (χ1) is 9.10. The standard InChI is InChI=1S/C16H25BrN2/c1-3-13-5-4-8-19(11-13)16-7-6-14(9-12(2)18)10-15(16)17/h6-7,10,12-13H,3-5,8-9,11,18H2,1-2H3. The lowest BCUT2D eigenvalue weighted by atomic mass is 9.95. The fraction of sp³-hybridized carbons (Fsp3) is 0.625. The van der Waals surface area contributed by atoms with Gasteiger partial charge in [0.05, 0.1) is 5.69 Å². The molecule has 2 nitrogen and oxygen atoms in total. The lowest BCUT2D eigenvalue weighted by Crippen LogP contribution is -2.35. The van der Waals surface area contributed by atoms with Gasteiger partial charge in [0, 0.05) is 23.6 Å². The van der Waals surface area contributed by atoms with E-state index in [1.54, 1.807) is 0 Å². The smallest absolute Gasteiger partial charge is 0.0510 e. The van der Waals surface area contributed by atoms with Crippen LogP contribution < -0.4 is 10.6 Å². The Morgan fingerprint density at radius 2 is 2.26 bits per heavy atom. The average Bonchev–Trinajstić information content (AvgIpc) is 2.38. The van der Waals surface area contributed by atoms with Gasteiger partial charge in [0.15, 0.2) is 0 Å². The van der Waals surface area contributed by atoms with Gasteiger partial charge in [-0.1, -0.05) is 19.4 Å². The molecule has 2 unspecified atom stereocenters. The molecule has 1 aromatic rings. The first-order valence-corrected chi connectivity index (χ1v) is 8.18. The maximum absolute atomic E-state index is 5.87. The van der Waals surface area contributed by atoms with Crippen LogP contribution >= 0.6 is 15.9 Å². The summed E-state index contributed by atoms with van der Waals surface area (Å²) in [6, 6.07) is 6.92. The van der Waals surface area contributed by atoms with E-state index in [4.69, 9.17) is 5.73 Å². The van der Waals surface area contributed by atoms with E-state index in [2.05, 4.69) is 52.9 Å². The summed E-state index contributed by atoms with van der Waals surface area (Å²) >= 11 is 3.73. The quantitative estimate of drug-likeness (QED) is 0.908. The molecule has 0 aliphatic carbocycles. The van der Waals surface area contributed by atoms with Crippen LogP contribution in [0.15, 0.2) is 22.7 Å². The van der Waals surface area contributed by atoms with Crippen molar-refractivity contribution in [1.82, 2.24) is 0 Å². The topological polar surface area (TPSA) is 29.3 Å². The molecule has 3 heteroatoms. The SMILES string of the molecule is CCC1CCCN(c2ccc(CC(C)N)cc2Br)C1. The van der Waals surface area contributed by atoms with Crippen molar-refractivity contribution in [1.29, 1.82) is 0 Å². The van der Waals surface area contributed by atoms with Crippen LogP contribution in [-0.2, 0) is 6.42 Å². The van der Waals surface area contributed by atoms with Crippen LogP contribution in [-0.4, -0.2) is 19.1 Å². The summed E-state index contributed by atoms with van der Waals surface area (Å²) in [5, 5.41) is 0. The molecule has 2 N–H and O–H groups in total. The van der Waals surface area contributed by atoms with Crippen molar-refractivity contribution in [2.24, 2.45) is 11.7 Å². The molecule has 0 amide bonds. The van der Waals surface area contributed by atoms with Gasteiger partial charge >= 0.3 is 0 Å². The second-order valence-corrected chi connectivity index (χ2v) is 6.68. The van der Waals surface area contributed by atoms with Crippen molar-refractivity contribution >= 4 is 21.6 Å². The average molecular weight is 325 g/mol. The summed E-state index contributed by atoms with van der Waals surface area (Å²) in [5.74, 6) is 0.851. The van der Waals surface area contributed by atoms with E-state index < -0.39 is 0 Å². The Labute approximate surface area is 125 Å². The molecule has 0 spiro atoms. The lowest BCUT2D eigenvalue weighted by Gasteiger charge is -2.34. The van der Waals surface area contributed by atoms with Crippen molar-refractivity contribution in [2.75, 3.05) is 18.0 Å². The second-order valence-electron chi connectivity index (χ2n) is 5.83. The van der Waals surface area contributed by atoms with E-state index >= 15 is 0 Å². The Morgan fingerprint density at radius 1 is 1.47 bits per heavy atom. The highest BCUT2D eigenvalue weighted by Crippen LogP contribution is 2.31. The van der Waals surface area contributed by atoms with Crippen molar-refractivity contribution in [3.63, 3.8) is 0 Å². The monoisotopic (exact) mass is 324 g/mol. The molecule has 19 heavy (non-hydrogen) atoms. The van der Waals surface area contributed by atoms with E-state index in [0.29, 0.717) is 0 Å². The maximum Gasteiger partial charge on any atom is 0.0510 e.